The first kappa shape index (κ1) is 23.0. The maximum absolute atomic E-state index is 12.9. The largest absolute Gasteiger partial charge is 0.466 e. The summed E-state index contributed by atoms with van der Waals surface area (Å²) in [7, 11) is -1.39. The van der Waals surface area contributed by atoms with Crippen molar-refractivity contribution in [3.8, 4) is 11.5 Å². The van der Waals surface area contributed by atoms with Crippen LogP contribution in [0.1, 0.15) is 25.3 Å². The number of aromatic nitrogens is 3. The van der Waals surface area contributed by atoms with Crippen LogP contribution in [0.5, 0.6) is 0 Å². The van der Waals surface area contributed by atoms with Crippen molar-refractivity contribution >= 4 is 22.7 Å². The number of benzene rings is 1. The zero-order valence-corrected chi connectivity index (χ0v) is 19.4. The van der Waals surface area contributed by atoms with Crippen molar-refractivity contribution in [3.63, 3.8) is 0 Å². The van der Waals surface area contributed by atoms with E-state index in [4.69, 9.17) is 4.74 Å². The number of ether oxygens (including phenoxy) is 1. The molecule has 4 rings (SSSR count). The number of esters is 1. The van der Waals surface area contributed by atoms with Gasteiger partial charge < -0.3 is 14.2 Å². The van der Waals surface area contributed by atoms with E-state index in [0.29, 0.717) is 32.5 Å². The molecule has 1 aromatic carbocycles. The van der Waals surface area contributed by atoms with E-state index in [-0.39, 0.29) is 29.3 Å². The first-order valence-electron chi connectivity index (χ1n) is 11.1. The number of hydrogen-bond acceptors (Lipinski definition) is 5. The van der Waals surface area contributed by atoms with Crippen molar-refractivity contribution in [2.45, 2.75) is 25.5 Å². The lowest BCUT2D eigenvalue weighted by Gasteiger charge is -2.30. The number of piperidine rings is 1. The second-order valence-corrected chi connectivity index (χ2v) is 9.42. The number of carbonyl (C=O) groups excluding carboxylic acids is 2. The van der Waals surface area contributed by atoms with Gasteiger partial charge in [0.2, 0.25) is 5.91 Å². The lowest BCUT2D eigenvalue weighted by molar-refractivity contribution is -0.151. The maximum atomic E-state index is 12.9. The molecule has 1 atom stereocenters. The zero-order valence-electron chi connectivity index (χ0n) is 18.6. The van der Waals surface area contributed by atoms with Crippen LogP contribution < -0.4 is 0 Å². The summed E-state index contributed by atoms with van der Waals surface area (Å²) in [5, 5.41) is 4.53. The molecule has 0 aliphatic carbocycles. The summed E-state index contributed by atoms with van der Waals surface area (Å²) in [6.45, 7) is 3.13. The topological polar surface area (TPSA) is 86.4 Å². The summed E-state index contributed by atoms with van der Waals surface area (Å²) in [4.78, 5) is 26.3. The fraction of sp³-hybridized carbons (Fsp3) is 0.375. The van der Waals surface area contributed by atoms with E-state index in [9.17, 15) is 13.8 Å². The van der Waals surface area contributed by atoms with Crippen LogP contribution in [0.2, 0.25) is 0 Å². The standard InChI is InChI=1S/C24H28N4O4S/c1-2-32-24(30)19-10-14-26(15-11-19)22(29)18-33(31)17-20-16-25-28(21-8-4-3-5-9-21)23(20)27-12-6-7-13-27/h3-9,12-13,16,19H,2,10-11,14-15,17-18H2,1H3/t33-/m1/s1. The third-order valence-corrected chi connectivity index (χ3v) is 6.94. The van der Waals surface area contributed by atoms with E-state index in [1.807, 2.05) is 64.1 Å². The van der Waals surface area contributed by atoms with Gasteiger partial charge in [-0.1, -0.05) is 18.2 Å². The minimum Gasteiger partial charge on any atom is -0.466 e. The highest BCUT2D eigenvalue weighted by Crippen LogP contribution is 2.22. The number of likely N-dealkylation sites (tertiary alicyclic amines) is 1. The highest BCUT2D eigenvalue weighted by atomic mass is 32.2. The normalized spacial score (nSPS) is 15.4. The van der Waals surface area contributed by atoms with Crippen LogP contribution in [0.4, 0.5) is 0 Å². The summed E-state index contributed by atoms with van der Waals surface area (Å²) in [6, 6.07) is 13.6. The molecule has 1 saturated heterocycles. The molecule has 8 nitrogen and oxygen atoms in total. The van der Waals surface area contributed by atoms with Crippen LogP contribution in [0.3, 0.4) is 0 Å². The quantitative estimate of drug-likeness (QED) is 0.475. The van der Waals surface area contributed by atoms with E-state index in [1.54, 1.807) is 18.0 Å². The van der Waals surface area contributed by atoms with Crippen molar-refractivity contribution in [3.05, 3.63) is 66.6 Å². The van der Waals surface area contributed by atoms with Gasteiger partial charge in [-0.3, -0.25) is 13.8 Å². The van der Waals surface area contributed by atoms with Crippen molar-refractivity contribution in [1.82, 2.24) is 19.2 Å². The summed E-state index contributed by atoms with van der Waals surface area (Å²) in [5.74, 6) is 0.487. The van der Waals surface area contributed by atoms with Gasteiger partial charge in [0.05, 0.1) is 30.2 Å². The molecule has 1 fully saturated rings. The molecular weight excluding hydrogens is 440 g/mol. The molecular formula is C24H28N4O4S. The van der Waals surface area contributed by atoms with Crippen LogP contribution in [-0.2, 0) is 30.9 Å². The molecule has 0 spiro atoms. The number of hydrogen-bond donors (Lipinski definition) is 0. The van der Waals surface area contributed by atoms with Gasteiger partial charge in [0, 0.05) is 41.8 Å². The molecule has 0 unspecified atom stereocenters. The van der Waals surface area contributed by atoms with Gasteiger partial charge in [-0.2, -0.15) is 5.10 Å². The Bertz CT molecular complexity index is 1100. The Balaban J connectivity index is 1.42. The Hall–Kier alpha value is -3.20. The van der Waals surface area contributed by atoms with Crippen molar-refractivity contribution in [1.29, 1.82) is 0 Å². The van der Waals surface area contributed by atoms with Gasteiger partial charge in [-0.15, -0.1) is 0 Å². The number of nitrogens with zero attached hydrogens (tertiary/aromatic N) is 4. The number of para-hydroxylation sites is 1. The van der Waals surface area contributed by atoms with Crippen LogP contribution in [0.25, 0.3) is 11.5 Å². The number of amides is 1. The third kappa shape index (κ3) is 5.42. The third-order valence-electron chi connectivity index (χ3n) is 5.74. The summed E-state index contributed by atoms with van der Waals surface area (Å²) in [5.41, 5.74) is 1.71. The highest BCUT2D eigenvalue weighted by molar-refractivity contribution is 7.84. The molecule has 0 radical (unpaired) electrons. The predicted octanol–water partition coefficient (Wildman–Crippen LogP) is 2.71. The van der Waals surface area contributed by atoms with E-state index in [1.165, 1.54) is 0 Å². The van der Waals surface area contributed by atoms with Gasteiger partial charge >= 0.3 is 5.97 Å². The number of carbonyl (C=O) groups is 2. The second kappa shape index (κ2) is 10.6. The minimum absolute atomic E-state index is 0.0499. The van der Waals surface area contributed by atoms with Crippen LogP contribution in [0.15, 0.2) is 61.1 Å². The van der Waals surface area contributed by atoms with E-state index in [0.717, 1.165) is 17.1 Å². The first-order chi connectivity index (χ1) is 16.1. The monoisotopic (exact) mass is 468 g/mol. The molecule has 3 aromatic rings. The van der Waals surface area contributed by atoms with Crippen LogP contribution in [-0.4, -0.2) is 60.8 Å². The van der Waals surface area contributed by atoms with Gasteiger partial charge in [0.1, 0.15) is 11.6 Å². The zero-order chi connectivity index (χ0) is 23.2. The Morgan fingerprint density at radius 2 is 1.79 bits per heavy atom. The summed E-state index contributed by atoms with van der Waals surface area (Å²) < 4.78 is 21.8. The molecule has 174 valence electrons. The average Bonchev–Trinajstić information content (AvgIpc) is 3.49. The Morgan fingerprint density at radius 3 is 2.45 bits per heavy atom. The maximum Gasteiger partial charge on any atom is 0.309 e. The summed E-state index contributed by atoms with van der Waals surface area (Å²) in [6.07, 6.45) is 6.72. The fourth-order valence-corrected chi connectivity index (χ4v) is 5.18. The predicted molar refractivity (Wildman–Crippen MR) is 126 cm³/mol. The molecule has 9 heteroatoms. The smallest absolute Gasteiger partial charge is 0.309 e. The van der Waals surface area contributed by atoms with Gasteiger partial charge in [-0.05, 0) is 44.0 Å². The Kier molecular flexibility index (Phi) is 7.39. The molecule has 2 aromatic heterocycles. The SMILES string of the molecule is CCOC(=O)C1CCN(C(=O)C[S@](=O)Cc2cnn(-c3ccccc3)c2-n2cccc2)CC1. The van der Waals surface area contributed by atoms with E-state index in [2.05, 4.69) is 5.10 Å². The van der Waals surface area contributed by atoms with Crippen molar-refractivity contribution in [2.24, 2.45) is 5.92 Å². The fourth-order valence-electron chi connectivity index (χ4n) is 4.06. The van der Waals surface area contributed by atoms with Gasteiger partial charge in [0.25, 0.3) is 0 Å². The van der Waals surface area contributed by atoms with Crippen molar-refractivity contribution < 1.29 is 18.5 Å². The molecule has 0 saturated carbocycles. The molecule has 1 aliphatic rings. The summed E-state index contributed by atoms with van der Waals surface area (Å²) >= 11 is 0. The van der Waals surface area contributed by atoms with Gasteiger partial charge in [0.15, 0.2) is 0 Å². The van der Waals surface area contributed by atoms with Crippen molar-refractivity contribution in [2.75, 3.05) is 25.4 Å². The Morgan fingerprint density at radius 1 is 1.09 bits per heavy atom. The average molecular weight is 469 g/mol. The van der Waals surface area contributed by atoms with Crippen LogP contribution >= 0.6 is 0 Å². The molecule has 0 bridgehead atoms. The lowest BCUT2D eigenvalue weighted by Crippen LogP contribution is -2.42. The number of rotatable bonds is 8. The lowest BCUT2D eigenvalue weighted by atomic mass is 9.97. The van der Waals surface area contributed by atoms with E-state index < -0.39 is 10.8 Å². The molecule has 3 heterocycles. The Labute approximate surface area is 195 Å². The highest BCUT2D eigenvalue weighted by Gasteiger charge is 2.29. The molecule has 1 aliphatic heterocycles. The van der Waals surface area contributed by atoms with Gasteiger partial charge in [-0.25, -0.2) is 4.68 Å². The molecule has 33 heavy (non-hydrogen) atoms. The first-order valence-corrected chi connectivity index (χ1v) is 12.6. The minimum atomic E-state index is -1.39. The molecule has 0 N–H and O–H groups in total. The van der Waals surface area contributed by atoms with E-state index >= 15 is 0 Å². The molecule has 1 amide bonds. The van der Waals surface area contributed by atoms with Crippen LogP contribution in [0, 0.1) is 5.92 Å². The second-order valence-electron chi connectivity index (χ2n) is 7.97.